The molecule has 56 valence electrons. The van der Waals surface area contributed by atoms with Gasteiger partial charge in [-0.1, -0.05) is 6.92 Å². The van der Waals surface area contributed by atoms with Crippen LogP contribution >= 0.6 is 11.3 Å². The summed E-state index contributed by atoms with van der Waals surface area (Å²) in [6.07, 6.45) is 1.02. The van der Waals surface area contributed by atoms with Crippen LogP contribution < -0.4 is 5.73 Å². The van der Waals surface area contributed by atoms with Gasteiger partial charge in [0, 0.05) is 11.4 Å². The molecule has 0 radical (unpaired) electrons. The number of nitrogens with zero attached hydrogens (tertiary/aromatic N) is 1. The summed E-state index contributed by atoms with van der Waals surface area (Å²) in [7, 11) is 0. The fraction of sp³-hybridized carbons (Fsp3) is 0.571. The molecule has 1 aromatic rings. The van der Waals surface area contributed by atoms with Crippen LogP contribution in [0.25, 0.3) is 0 Å². The second kappa shape index (κ2) is 3.12. The number of thiazole rings is 1. The Bertz CT molecular complexity index is 217. The van der Waals surface area contributed by atoms with E-state index in [0.29, 0.717) is 6.54 Å². The summed E-state index contributed by atoms with van der Waals surface area (Å²) in [6.45, 7) is 4.75. The van der Waals surface area contributed by atoms with E-state index in [1.165, 1.54) is 9.88 Å². The van der Waals surface area contributed by atoms with Gasteiger partial charge < -0.3 is 5.73 Å². The molecule has 0 amide bonds. The van der Waals surface area contributed by atoms with Crippen LogP contribution in [0.15, 0.2) is 0 Å². The number of hydrogen-bond donors (Lipinski definition) is 1. The van der Waals surface area contributed by atoms with Gasteiger partial charge >= 0.3 is 0 Å². The molecule has 1 rings (SSSR count). The smallest absolute Gasteiger partial charge is 0.0928 e. The average molecular weight is 156 g/mol. The summed E-state index contributed by atoms with van der Waals surface area (Å²) in [5.74, 6) is 0. The molecule has 0 bridgehead atoms. The number of nitrogens with two attached hydrogens (primary N) is 1. The topological polar surface area (TPSA) is 38.9 Å². The highest BCUT2D eigenvalue weighted by atomic mass is 32.1. The van der Waals surface area contributed by atoms with Crippen LogP contribution in [-0.2, 0) is 13.0 Å². The quantitative estimate of drug-likeness (QED) is 0.704. The van der Waals surface area contributed by atoms with Crippen molar-refractivity contribution in [3.8, 4) is 0 Å². The van der Waals surface area contributed by atoms with E-state index in [1.807, 2.05) is 0 Å². The van der Waals surface area contributed by atoms with Crippen molar-refractivity contribution < 1.29 is 0 Å². The Balaban J connectivity index is 2.92. The lowest BCUT2D eigenvalue weighted by Gasteiger charge is -1.86. The normalized spacial score (nSPS) is 10.3. The van der Waals surface area contributed by atoms with Gasteiger partial charge in [-0.25, -0.2) is 4.98 Å². The van der Waals surface area contributed by atoms with Crippen LogP contribution in [0.2, 0.25) is 0 Å². The van der Waals surface area contributed by atoms with Crippen LogP contribution in [0, 0.1) is 6.92 Å². The van der Waals surface area contributed by atoms with Crippen molar-refractivity contribution >= 4 is 11.3 Å². The van der Waals surface area contributed by atoms with Crippen LogP contribution in [0.1, 0.15) is 22.5 Å². The molecule has 0 atom stereocenters. The van der Waals surface area contributed by atoms with Crippen molar-refractivity contribution in [1.82, 2.24) is 4.98 Å². The minimum absolute atomic E-state index is 0.572. The maximum Gasteiger partial charge on any atom is 0.0928 e. The third-order valence-electron chi connectivity index (χ3n) is 1.43. The molecule has 0 fully saturated rings. The SMILES string of the molecule is CCc1nc(CN)c(C)s1. The van der Waals surface area contributed by atoms with Gasteiger partial charge in [0.25, 0.3) is 0 Å². The van der Waals surface area contributed by atoms with E-state index in [1.54, 1.807) is 11.3 Å². The molecule has 0 aromatic carbocycles. The fourth-order valence-corrected chi connectivity index (χ4v) is 1.73. The van der Waals surface area contributed by atoms with Gasteiger partial charge in [-0.3, -0.25) is 0 Å². The summed E-state index contributed by atoms with van der Waals surface area (Å²) in [4.78, 5) is 5.60. The van der Waals surface area contributed by atoms with E-state index in [9.17, 15) is 0 Å². The van der Waals surface area contributed by atoms with E-state index in [-0.39, 0.29) is 0 Å². The molecular formula is C7H12N2S. The fourth-order valence-electron chi connectivity index (χ4n) is 0.828. The van der Waals surface area contributed by atoms with Gasteiger partial charge in [0.05, 0.1) is 10.7 Å². The lowest BCUT2D eigenvalue weighted by atomic mass is 10.4. The first kappa shape index (κ1) is 7.69. The summed E-state index contributed by atoms with van der Waals surface area (Å²) in [5, 5.41) is 1.19. The predicted octanol–water partition coefficient (Wildman–Crippen LogP) is 1.47. The molecule has 0 saturated carbocycles. The van der Waals surface area contributed by atoms with E-state index in [4.69, 9.17) is 5.73 Å². The molecule has 0 unspecified atom stereocenters. The summed E-state index contributed by atoms with van der Waals surface area (Å²) < 4.78 is 0. The van der Waals surface area contributed by atoms with E-state index in [0.717, 1.165) is 12.1 Å². The lowest BCUT2D eigenvalue weighted by Crippen LogP contribution is -1.98. The molecule has 10 heavy (non-hydrogen) atoms. The largest absolute Gasteiger partial charge is 0.325 e. The number of aromatic nitrogens is 1. The van der Waals surface area contributed by atoms with Crippen molar-refractivity contribution in [2.24, 2.45) is 5.73 Å². The molecule has 0 aliphatic carbocycles. The minimum atomic E-state index is 0.572. The first-order valence-corrected chi connectivity index (χ1v) is 4.24. The first-order chi connectivity index (χ1) is 4.77. The molecule has 3 heteroatoms. The van der Waals surface area contributed by atoms with Crippen LogP contribution in [0.4, 0.5) is 0 Å². The Kier molecular flexibility index (Phi) is 2.40. The van der Waals surface area contributed by atoms with Gasteiger partial charge in [0.2, 0.25) is 0 Å². The maximum atomic E-state index is 5.46. The van der Waals surface area contributed by atoms with Crippen molar-refractivity contribution in [2.45, 2.75) is 26.8 Å². The third kappa shape index (κ3) is 1.36. The first-order valence-electron chi connectivity index (χ1n) is 3.43. The molecule has 0 aliphatic rings. The van der Waals surface area contributed by atoms with Gasteiger partial charge in [-0.05, 0) is 13.3 Å². The highest BCUT2D eigenvalue weighted by Crippen LogP contribution is 2.16. The van der Waals surface area contributed by atoms with Crippen molar-refractivity contribution in [3.63, 3.8) is 0 Å². The zero-order chi connectivity index (χ0) is 7.56. The minimum Gasteiger partial charge on any atom is -0.325 e. The van der Waals surface area contributed by atoms with Gasteiger partial charge in [0.15, 0.2) is 0 Å². The predicted molar refractivity (Wildman–Crippen MR) is 44.1 cm³/mol. The summed E-state index contributed by atoms with van der Waals surface area (Å²) in [5.41, 5.74) is 6.52. The number of hydrogen-bond acceptors (Lipinski definition) is 3. The third-order valence-corrected chi connectivity index (χ3v) is 2.59. The Labute approximate surface area is 65.1 Å². The second-order valence-electron chi connectivity index (χ2n) is 2.17. The molecule has 0 saturated heterocycles. The molecule has 2 N–H and O–H groups in total. The molecule has 1 aromatic heterocycles. The lowest BCUT2D eigenvalue weighted by molar-refractivity contribution is 0.962. The zero-order valence-electron chi connectivity index (χ0n) is 6.35. The number of aryl methyl sites for hydroxylation is 2. The molecule has 0 aliphatic heterocycles. The zero-order valence-corrected chi connectivity index (χ0v) is 7.16. The monoisotopic (exact) mass is 156 g/mol. The highest BCUT2D eigenvalue weighted by Gasteiger charge is 2.02. The highest BCUT2D eigenvalue weighted by molar-refractivity contribution is 7.11. The maximum absolute atomic E-state index is 5.46. The van der Waals surface area contributed by atoms with E-state index >= 15 is 0 Å². The van der Waals surface area contributed by atoms with E-state index in [2.05, 4.69) is 18.8 Å². The average Bonchev–Trinajstić information content (AvgIpc) is 2.30. The van der Waals surface area contributed by atoms with Gasteiger partial charge in [-0.15, -0.1) is 11.3 Å². The van der Waals surface area contributed by atoms with E-state index < -0.39 is 0 Å². The van der Waals surface area contributed by atoms with Gasteiger partial charge in [-0.2, -0.15) is 0 Å². The molecular weight excluding hydrogens is 144 g/mol. The number of rotatable bonds is 2. The van der Waals surface area contributed by atoms with Crippen LogP contribution in [-0.4, -0.2) is 4.98 Å². The van der Waals surface area contributed by atoms with Gasteiger partial charge in [0.1, 0.15) is 0 Å². The summed E-state index contributed by atoms with van der Waals surface area (Å²) in [6, 6.07) is 0. The Morgan fingerprint density at radius 1 is 1.60 bits per heavy atom. The van der Waals surface area contributed by atoms with Crippen LogP contribution in [0.3, 0.4) is 0 Å². The van der Waals surface area contributed by atoms with Crippen molar-refractivity contribution in [2.75, 3.05) is 0 Å². The Morgan fingerprint density at radius 2 is 2.30 bits per heavy atom. The molecule has 1 heterocycles. The Hall–Kier alpha value is -0.410. The molecule has 0 spiro atoms. The summed E-state index contributed by atoms with van der Waals surface area (Å²) >= 11 is 1.75. The molecule has 2 nitrogen and oxygen atoms in total. The second-order valence-corrected chi connectivity index (χ2v) is 3.46. The van der Waals surface area contributed by atoms with Crippen molar-refractivity contribution in [1.29, 1.82) is 0 Å². The van der Waals surface area contributed by atoms with Crippen LogP contribution in [0.5, 0.6) is 0 Å². The Morgan fingerprint density at radius 3 is 2.60 bits per heavy atom. The van der Waals surface area contributed by atoms with Crippen molar-refractivity contribution in [3.05, 3.63) is 15.6 Å². The standard InChI is InChI=1S/C7H12N2S/c1-3-7-9-6(4-8)5(2)10-7/h3-4,8H2,1-2H3.